The summed E-state index contributed by atoms with van der Waals surface area (Å²) in [6, 6.07) is 20.1. The molecule has 0 fully saturated rings. The molecule has 1 unspecified atom stereocenters. The normalized spacial score (nSPS) is 14.9. The van der Waals surface area contributed by atoms with Gasteiger partial charge in [0.2, 0.25) is 0 Å². The number of nitrogens with zero attached hydrogens (tertiary/aromatic N) is 1. The first-order valence-electron chi connectivity index (χ1n) is 13.4. The number of nitrogens with one attached hydrogen (secondary N) is 1. The molecule has 224 valence electrons. The van der Waals surface area contributed by atoms with E-state index < -0.39 is 35.6 Å². The highest BCUT2D eigenvalue weighted by Gasteiger charge is 2.54. The van der Waals surface area contributed by atoms with Crippen molar-refractivity contribution in [3.8, 4) is 23.0 Å². The van der Waals surface area contributed by atoms with Gasteiger partial charge in [-0.1, -0.05) is 24.3 Å². The SMILES string of the molecule is CC(CN(C(=O)c1ccc2c(c1)C(=O)OC21c2ccc(O)cc2Oc2cc(O)ccc21)c1ccccc1)NC(=O)C(F)(F)F. The minimum absolute atomic E-state index is 0.0415. The van der Waals surface area contributed by atoms with Gasteiger partial charge < -0.3 is 29.9 Å². The molecule has 4 aromatic carbocycles. The Hall–Kier alpha value is -5.52. The van der Waals surface area contributed by atoms with Gasteiger partial charge in [0.05, 0.1) is 5.56 Å². The van der Waals surface area contributed by atoms with Gasteiger partial charge in [-0.15, -0.1) is 0 Å². The highest BCUT2D eigenvalue weighted by atomic mass is 19.4. The molecule has 0 aliphatic carbocycles. The van der Waals surface area contributed by atoms with Crippen LogP contribution in [-0.2, 0) is 15.1 Å². The van der Waals surface area contributed by atoms with E-state index in [0.717, 1.165) is 0 Å². The number of fused-ring (bicyclic) bond motifs is 6. The van der Waals surface area contributed by atoms with Crippen molar-refractivity contribution >= 4 is 23.5 Å². The highest BCUT2D eigenvalue weighted by Crippen LogP contribution is 2.57. The third kappa shape index (κ3) is 4.74. The maximum Gasteiger partial charge on any atom is 0.471 e. The van der Waals surface area contributed by atoms with E-state index in [4.69, 9.17) is 9.47 Å². The second kappa shape index (κ2) is 10.3. The molecule has 2 aliphatic rings. The van der Waals surface area contributed by atoms with Gasteiger partial charge in [0.1, 0.15) is 23.0 Å². The Labute approximate surface area is 248 Å². The van der Waals surface area contributed by atoms with E-state index in [9.17, 15) is 37.8 Å². The molecule has 44 heavy (non-hydrogen) atoms. The number of aromatic hydroxyl groups is 2. The van der Waals surface area contributed by atoms with Crippen molar-refractivity contribution in [2.75, 3.05) is 11.4 Å². The number of halogens is 3. The first-order chi connectivity index (χ1) is 20.9. The molecule has 1 atom stereocenters. The molecule has 3 N–H and O–H groups in total. The molecule has 0 bridgehead atoms. The van der Waals surface area contributed by atoms with Crippen LogP contribution in [-0.4, -0.2) is 46.8 Å². The zero-order valence-electron chi connectivity index (χ0n) is 22.9. The molecule has 9 nitrogen and oxygen atoms in total. The maximum atomic E-state index is 13.9. The van der Waals surface area contributed by atoms with Crippen LogP contribution in [0.15, 0.2) is 84.9 Å². The third-order valence-corrected chi connectivity index (χ3v) is 7.42. The van der Waals surface area contributed by atoms with Gasteiger partial charge in [-0.05, 0) is 55.5 Å². The summed E-state index contributed by atoms with van der Waals surface area (Å²) in [6.07, 6.45) is -5.09. The Bertz CT molecular complexity index is 1770. The summed E-state index contributed by atoms with van der Waals surface area (Å²) in [5.74, 6) is -3.35. The van der Waals surface area contributed by atoms with Crippen molar-refractivity contribution in [3.05, 3.63) is 113 Å². The number of phenols is 2. The topological polar surface area (TPSA) is 125 Å². The number of hydrogen-bond acceptors (Lipinski definition) is 7. The van der Waals surface area contributed by atoms with E-state index in [1.54, 1.807) is 48.5 Å². The van der Waals surface area contributed by atoms with Crippen molar-refractivity contribution in [2.45, 2.75) is 24.7 Å². The number of ether oxygens (including phenoxy) is 2. The van der Waals surface area contributed by atoms with Crippen LogP contribution in [0.5, 0.6) is 23.0 Å². The fourth-order valence-corrected chi connectivity index (χ4v) is 5.53. The molecule has 2 heterocycles. The third-order valence-electron chi connectivity index (χ3n) is 7.42. The molecule has 0 radical (unpaired) electrons. The average molecular weight is 605 g/mol. The standard InChI is InChI=1S/C32H23F3N2O7/c1-17(36-30(42)32(33,34)35)16-37(19-5-3-2-4-6-19)28(40)18-7-10-23-22(13-18)29(41)44-31(23)24-11-8-20(38)14-26(24)43-27-15-21(39)9-12-25(27)31/h2-15,17,38-39H,16H2,1H3,(H,36,42). The second-order valence-electron chi connectivity index (χ2n) is 10.4. The summed E-state index contributed by atoms with van der Waals surface area (Å²) in [5.41, 5.74) is 0.102. The van der Waals surface area contributed by atoms with Crippen LogP contribution >= 0.6 is 0 Å². The quantitative estimate of drug-likeness (QED) is 0.261. The molecule has 2 amide bonds. The first-order valence-corrected chi connectivity index (χ1v) is 13.4. The maximum absolute atomic E-state index is 13.9. The molecular formula is C32H23F3N2O7. The van der Waals surface area contributed by atoms with Gasteiger partial charge in [0, 0.05) is 52.7 Å². The highest BCUT2D eigenvalue weighted by molar-refractivity contribution is 6.08. The summed E-state index contributed by atoms with van der Waals surface area (Å²) in [4.78, 5) is 40.1. The van der Waals surface area contributed by atoms with E-state index in [0.29, 0.717) is 22.4 Å². The van der Waals surface area contributed by atoms with Crippen molar-refractivity contribution in [1.29, 1.82) is 0 Å². The zero-order valence-corrected chi connectivity index (χ0v) is 22.9. The fourth-order valence-electron chi connectivity index (χ4n) is 5.53. The number of rotatable bonds is 5. The van der Waals surface area contributed by atoms with Crippen LogP contribution in [0.2, 0.25) is 0 Å². The van der Waals surface area contributed by atoms with Gasteiger partial charge in [-0.25, -0.2) is 4.79 Å². The lowest BCUT2D eigenvalue weighted by Gasteiger charge is -2.36. The molecule has 0 saturated carbocycles. The monoisotopic (exact) mass is 604 g/mol. The Balaban J connectivity index is 1.42. The van der Waals surface area contributed by atoms with Crippen LogP contribution in [0, 0.1) is 0 Å². The lowest BCUT2D eigenvalue weighted by atomic mass is 9.77. The van der Waals surface area contributed by atoms with E-state index in [1.807, 2.05) is 5.32 Å². The molecule has 1 spiro atoms. The summed E-state index contributed by atoms with van der Waals surface area (Å²) >= 11 is 0. The molecule has 0 saturated heterocycles. The summed E-state index contributed by atoms with van der Waals surface area (Å²) < 4.78 is 50.6. The molecule has 6 rings (SSSR count). The predicted octanol–water partition coefficient (Wildman–Crippen LogP) is 5.38. The molecule has 0 aromatic heterocycles. The number of phenolic OH excluding ortho intramolecular Hbond substituents is 2. The minimum atomic E-state index is -5.09. The largest absolute Gasteiger partial charge is 0.508 e. The smallest absolute Gasteiger partial charge is 0.471 e. The Morgan fingerprint density at radius 3 is 2.07 bits per heavy atom. The Kier molecular flexibility index (Phi) is 6.71. The molecule has 12 heteroatoms. The first kappa shape index (κ1) is 28.6. The number of hydrogen-bond donors (Lipinski definition) is 3. The van der Waals surface area contributed by atoms with E-state index >= 15 is 0 Å². The zero-order chi connectivity index (χ0) is 31.4. The number of para-hydroxylation sites is 1. The fraction of sp³-hybridized carbons (Fsp3) is 0.156. The van der Waals surface area contributed by atoms with Crippen LogP contribution in [0.1, 0.15) is 44.3 Å². The van der Waals surface area contributed by atoms with Crippen LogP contribution in [0.3, 0.4) is 0 Å². The number of anilines is 1. The lowest BCUT2D eigenvalue weighted by Crippen LogP contribution is -2.48. The van der Waals surface area contributed by atoms with Crippen molar-refractivity contribution in [1.82, 2.24) is 5.32 Å². The average Bonchev–Trinajstić information content (AvgIpc) is 3.27. The number of amides is 2. The number of esters is 1. The van der Waals surface area contributed by atoms with E-state index in [2.05, 4.69) is 0 Å². The molecule has 4 aromatic rings. The van der Waals surface area contributed by atoms with E-state index in [1.165, 1.54) is 48.2 Å². The van der Waals surface area contributed by atoms with Gasteiger partial charge >= 0.3 is 18.1 Å². The van der Waals surface area contributed by atoms with Crippen molar-refractivity contribution in [2.24, 2.45) is 0 Å². The van der Waals surface area contributed by atoms with Crippen LogP contribution < -0.4 is 15.0 Å². The molecular weight excluding hydrogens is 581 g/mol. The Morgan fingerprint density at radius 1 is 0.886 bits per heavy atom. The van der Waals surface area contributed by atoms with Crippen molar-refractivity contribution in [3.63, 3.8) is 0 Å². The van der Waals surface area contributed by atoms with Crippen LogP contribution in [0.25, 0.3) is 0 Å². The van der Waals surface area contributed by atoms with Gasteiger partial charge in [-0.3, -0.25) is 9.59 Å². The lowest BCUT2D eigenvalue weighted by molar-refractivity contribution is -0.174. The summed E-state index contributed by atoms with van der Waals surface area (Å²) in [5, 5.41) is 22.1. The summed E-state index contributed by atoms with van der Waals surface area (Å²) in [6.45, 7) is 1.04. The van der Waals surface area contributed by atoms with Gasteiger partial charge in [0.25, 0.3) is 5.91 Å². The number of alkyl halides is 3. The Morgan fingerprint density at radius 2 is 1.48 bits per heavy atom. The number of carbonyl (C=O) groups is 3. The second-order valence-corrected chi connectivity index (χ2v) is 10.4. The minimum Gasteiger partial charge on any atom is -0.508 e. The number of carbonyl (C=O) groups excluding carboxylic acids is 3. The summed E-state index contributed by atoms with van der Waals surface area (Å²) in [7, 11) is 0. The van der Waals surface area contributed by atoms with Gasteiger partial charge in [-0.2, -0.15) is 13.2 Å². The number of benzene rings is 4. The van der Waals surface area contributed by atoms with Gasteiger partial charge in [0.15, 0.2) is 5.60 Å². The molecule has 2 aliphatic heterocycles. The van der Waals surface area contributed by atoms with E-state index in [-0.39, 0.29) is 40.7 Å². The van der Waals surface area contributed by atoms with Crippen molar-refractivity contribution < 1.29 is 47.2 Å². The van der Waals surface area contributed by atoms with Crippen LogP contribution in [0.4, 0.5) is 18.9 Å². The predicted molar refractivity (Wildman–Crippen MR) is 150 cm³/mol.